The summed E-state index contributed by atoms with van der Waals surface area (Å²) < 4.78 is 0. The van der Waals surface area contributed by atoms with Crippen molar-refractivity contribution in [2.24, 2.45) is 0 Å². The van der Waals surface area contributed by atoms with E-state index in [1.165, 1.54) is 12.8 Å². The zero-order valence-electron chi connectivity index (χ0n) is 11.0. The molecule has 0 amide bonds. The van der Waals surface area contributed by atoms with E-state index in [9.17, 15) is 0 Å². The fourth-order valence-corrected chi connectivity index (χ4v) is 2.11. The fraction of sp³-hybridized carbons (Fsp3) is 0.692. The molecule has 1 aliphatic heterocycles. The number of aromatic nitrogens is 2. The highest BCUT2D eigenvalue weighted by Gasteiger charge is 2.14. The van der Waals surface area contributed by atoms with Crippen molar-refractivity contribution in [1.29, 1.82) is 0 Å². The number of hydrogen-bond acceptors (Lipinski definition) is 4. The number of aryl methyl sites for hydroxylation is 1. The molecule has 0 aliphatic carbocycles. The third-order valence-corrected chi connectivity index (χ3v) is 3.04. The van der Waals surface area contributed by atoms with Crippen LogP contribution in [0.5, 0.6) is 0 Å². The maximum Gasteiger partial charge on any atom is 0.133 e. The van der Waals surface area contributed by atoms with Gasteiger partial charge in [-0.3, -0.25) is 0 Å². The van der Waals surface area contributed by atoms with E-state index >= 15 is 0 Å². The maximum atomic E-state index is 4.58. The SMILES string of the molecule is Cc1cc(NC2CCCNC2)nc(C(C)C)n1. The van der Waals surface area contributed by atoms with Crippen molar-refractivity contribution < 1.29 is 0 Å². The van der Waals surface area contributed by atoms with Crippen LogP contribution >= 0.6 is 0 Å². The van der Waals surface area contributed by atoms with Crippen LogP contribution < -0.4 is 10.6 Å². The van der Waals surface area contributed by atoms with Gasteiger partial charge in [0.25, 0.3) is 0 Å². The predicted molar refractivity (Wildman–Crippen MR) is 70.4 cm³/mol. The molecule has 4 heteroatoms. The molecule has 0 aromatic carbocycles. The topological polar surface area (TPSA) is 49.8 Å². The Balaban J connectivity index is 2.09. The van der Waals surface area contributed by atoms with Gasteiger partial charge in [-0.2, -0.15) is 0 Å². The first-order valence-electron chi connectivity index (χ1n) is 6.48. The maximum absolute atomic E-state index is 4.58. The summed E-state index contributed by atoms with van der Waals surface area (Å²) in [4.78, 5) is 9.04. The van der Waals surface area contributed by atoms with Crippen LogP contribution in [0.3, 0.4) is 0 Å². The van der Waals surface area contributed by atoms with Crippen molar-refractivity contribution >= 4 is 5.82 Å². The van der Waals surface area contributed by atoms with E-state index in [1.807, 2.05) is 13.0 Å². The lowest BCUT2D eigenvalue weighted by atomic mass is 10.1. The number of anilines is 1. The number of hydrogen-bond donors (Lipinski definition) is 2. The molecule has 0 spiro atoms. The normalized spacial score (nSPS) is 20.6. The Morgan fingerprint density at radius 3 is 2.88 bits per heavy atom. The molecule has 1 fully saturated rings. The molecule has 1 aliphatic rings. The van der Waals surface area contributed by atoms with Crippen molar-refractivity contribution in [3.8, 4) is 0 Å². The highest BCUT2D eigenvalue weighted by Crippen LogP contribution is 2.15. The molecule has 4 nitrogen and oxygen atoms in total. The molecule has 2 rings (SSSR count). The summed E-state index contributed by atoms with van der Waals surface area (Å²) in [5.41, 5.74) is 1.04. The summed E-state index contributed by atoms with van der Waals surface area (Å²) >= 11 is 0. The Bertz CT molecular complexity index is 370. The second-order valence-corrected chi connectivity index (χ2v) is 5.10. The van der Waals surface area contributed by atoms with Gasteiger partial charge in [0.05, 0.1) is 0 Å². The van der Waals surface area contributed by atoms with Gasteiger partial charge in [-0.1, -0.05) is 13.8 Å². The minimum atomic E-state index is 0.375. The Labute approximate surface area is 103 Å². The highest BCUT2D eigenvalue weighted by molar-refractivity contribution is 5.37. The lowest BCUT2D eigenvalue weighted by Crippen LogP contribution is -2.38. The Morgan fingerprint density at radius 1 is 1.41 bits per heavy atom. The summed E-state index contributed by atoms with van der Waals surface area (Å²) in [7, 11) is 0. The molecule has 0 bridgehead atoms. The van der Waals surface area contributed by atoms with Crippen LogP contribution in [0.4, 0.5) is 5.82 Å². The molecule has 1 unspecified atom stereocenters. The second kappa shape index (κ2) is 5.45. The summed E-state index contributed by atoms with van der Waals surface area (Å²) in [6.07, 6.45) is 2.45. The Morgan fingerprint density at radius 2 is 2.24 bits per heavy atom. The van der Waals surface area contributed by atoms with Gasteiger partial charge >= 0.3 is 0 Å². The van der Waals surface area contributed by atoms with Crippen molar-refractivity contribution in [3.63, 3.8) is 0 Å². The van der Waals surface area contributed by atoms with Crippen LogP contribution in [0.2, 0.25) is 0 Å². The summed E-state index contributed by atoms with van der Waals surface area (Å²) in [6.45, 7) is 8.44. The van der Waals surface area contributed by atoms with E-state index in [2.05, 4.69) is 34.4 Å². The average Bonchev–Trinajstić information content (AvgIpc) is 2.29. The number of nitrogens with zero attached hydrogens (tertiary/aromatic N) is 2. The Kier molecular flexibility index (Phi) is 3.94. The molecule has 2 N–H and O–H groups in total. The van der Waals surface area contributed by atoms with E-state index in [0.717, 1.165) is 30.4 Å². The van der Waals surface area contributed by atoms with E-state index in [4.69, 9.17) is 0 Å². The van der Waals surface area contributed by atoms with Gasteiger partial charge in [-0.05, 0) is 26.3 Å². The number of rotatable bonds is 3. The van der Waals surface area contributed by atoms with Crippen LogP contribution in [0.1, 0.15) is 44.1 Å². The third-order valence-electron chi connectivity index (χ3n) is 3.04. The molecule has 1 atom stereocenters. The molecule has 0 saturated carbocycles. The predicted octanol–water partition coefficient (Wildman–Crippen LogP) is 2.07. The van der Waals surface area contributed by atoms with Gasteiger partial charge in [-0.15, -0.1) is 0 Å². The minimum absolute atomic E-state index is 0.375. The van der Waals surface area contributed by atoms with E-state index in [-0.39, 0.29) is 0 Å². The summed E-state index contributed by atoms with van der Waals surface area (Å²) in [6, 6.07) is 2.53. The van der Waals surface area contributed by atoms with Gasteiger partial charge in [-0.25, -0.2) is 9.97 Å². The van der Waals surface area contributed by atoms with Crippen molar-refractivity contribution in [3.05, 3.63) is 17.6 Å². The van der Waals surface area contributed by atoms with Crippen LogP contribution in [0, 0.1) is 6.92 Å². The summed E-state index contributed by atoms with van der Waals surface area (Å²) in [5, 5.41) is 6.90. The van der Waals surface area contributed by atoms with Crippen molar-refractivity contribution in [1.82, 2.24) is 15.3 Å². The van der Waals surface area contributed by atoms with E-state index < -0.39 is 0 Å². The first-order valence-corrected chi connectivity index (χ1v) is 6.48. The molecule has 0 radical (unpaired) electrons. The molecule has 17 heavy (non-hydrogen) atoms. The number of piperidine rings is 1. The fourth-order valence-electron chi connectivity index (χ4n) is 2.11. The van der Waals surface area contributed by atoms with Gasteiger partial charge in [0.15, 0.2) is 0 Å². The molecule has 1 saturated heterocycles. The lowest BCUT2D eigenvalue weighted by Gasteiger charge is -2.24. The molecule has 2 heterocycles. The molecule has 1 aromatic heterocycles. The van der Waals surface area contributed by atoms with E-state index in [1.54, 1.807) is 0 Å². The third kappa shape index (κ3) is 3.40. The standard InChI is InChI=1S/C13H22N4/c1-9(2)13-15-10(3)7-12(17-13)16-11-5-4-6-14-8-11/h7,9,11,14H,4-6,8H2,1-3H3,(H,15,16,17). The van der Waals surface area contributed by atoms with Crippen LogP contribution in [-0.4, -0.2) is 29.1 Å². The molecule has 1 aromatic rings. The van der Waals surface area contributed by atoms with E-state index in [0.29, 0.717) is 12.0 Å². The molecular weight excluding hydrogens is 212 g/mol. The quantitative estimate of drug-likeness (QED) is 0.840. The van der Waals surface area contributed by atoms with Crippen LogP contribution in [-0.2, 0) is 0 Å². The van der Waals surface area contributed by atoms with Gasteiger partial charge < -0.3 is 10.6 Å². The van der Waals surface area contributed by atoms with Gasteiger partial charge in [0, 0.05) is 30.3 Å². The lowest BCUT2D eigenvalue weighted by molar-refractivity contribution is 0.478. The van der Waals surface area contributed by atoms with Crippen molar-refractivity contribution in [2.45, 2.75) is 45.6 Å². The van der Waals surface area contributed by atoms with Gasteiger partial charge in [0.2, 0.25) is 0 Å². The first-order chi connectivity index (χ1) is 8.15. The summed E-state index contributed by atoms with van der Waals surface area (Å²) in [5.74, 6) is 2.27. The molecular formula is C13H22N4. The largest absolute Gasteiger partial charge is 0.366 e. The zero-order valence-corrected chi connectivity index (χ0v) is 11.0. The average molecular weight is 234 g/mol. The first kappa shape index (κ1) is 12.3. The number of nitrogens with one attached hydrogen (secondary N) is 2. The minimum Gasteiger partial charge on any atom is -0.366 e. The van der Waals surface area contributed by atoms with Crippen LogP contribution in [0.15, 0.2) is 6.07 Å². The van der Waals surface area contributed by atoms with Crippen molar-refractivity contribution in [2.75, 3.05) is 18.4 Å². The Hall–Kier alpha value is -1.16. The zero-order chi connectivity index (χ0) is 12.3. The van der Waals surface area contributed by atoms with Gasteiger partial charge in [0.1, 0.15) is 11.6 Å². The smallest absolute Gasteiger partial charge is 0.133 e. The monoisotopic (exact) mass is 234 g/mol. The second-order valence-electron chi connectivity index (χ2n) is 5.10. The van der Waals surface area contributed by atoms with Crippen LogP contribution in [0.25, 0.3) is 0 Å². The molecule has 94 valence electrons. The highest BCUT2D eigenvalue weighted by atomic mass is 15.1.